The molecule has 4 rings (SSSR count). The van der Waals surface area contributed by atoms with Gasteiger partial charge in [-0.2, -0.15) is 21.4 Å². The monoisotopic (exact) mass is 421 g/mol. The zero-order chi connectivity index (χ0) is 20.1. The van der Waals surface area contributed by atoms with Crippen LogP contribution in [-0.2, 0) is 6.42 Å². The van der Waals surface area contributed by atoms with Crippen LogP contribution in [0.15, 0.2) is 81.4 Å². The molecule has 148 valence electrons. The Hall–Kier alpha value is -2.44. The van der Waals surface area contributed by atoms with E-state index in [1.165, 1.54) is 14.3 Å². The fraction of sp³-hybridized carbons (Fsp3) is 0.217. The third-order valence-corrected chi connectivity index (χ3v) is 6.64. The maximum atomic E-state index is 12.5. The van der Waals surface area contributed by atoms with Crippen LogP contribution >= 0.6 is 23.5 Å². The Bertz CT molecular complexity index is 1130. The van der Waals surface area contributed by atoms with Gasteiger partial charge in [-0.15, -0.1) is 0 Å². The number of aromatic amines is 1. The Morgan fingerprint density at radius 3 is 2.55 bits per heavy atom. The van der Waals surface area contributed by atoms with Gasteiger partial charge in [0.2, 0.25) is 0 Å². The largest absolute Gasteiger partial charge is 0.343 e. The Morgan fingerprint density at radius 2 is 1.79 bits per heavy atom. The molecule has 0 atom stereocenters. The summed E-state index contributed by atoms with van der Waals surface area (Å²) >= 11 is 3.66. The highest BCUT2D eigenvalue weighted by molar-refractivity contribution is 7.99. The van der Waals surface area contributed by atoms with Crippen LogP contribution in [0.5, 0.6) is 0 Å². The molecule has 0 radical (unpaired) electrons. The van der Waals surface area contributed by atoms with Crippen LogP contribution in [0.1, 0.15) is 19.0 Å². The van der Waals surface area contributed by atoms with E-state index in [9.17, 15) is 4.79 Å². The normalized spacial score (nSPS) is 11.2. The third-order valence-electron chi connectivity index (χ3n) is 4.64. The van der Waals surface area contributed by atoms with Crippen molar-refractivity contribution in [3.8, 4) is 11.1 Å². The smallest absolute Gasteiger partial charge is 0.274 e. The number of rotatable bonds is 8. The minimum Gasteiger partial charge on any atom is -0.343 e. The molecule has 2 aromatic heterocycles. The molecule has 0 spiro atoms. The molecule has 0 saturated heterocycles. The van der Waals surface area contributed by atoms with Gasteiger partial charge in [0.15, 0.2) is 0 Å². The average Bonchev–Trinajstić information content (AvgIpc) is 3.17. The molecule has 1 N–H and O–H groups in total. The second-order valence-corrected chi connectivity index (χ2v) is 9.23. The highest BCUT2D eigenvalue weighted by Crippen LogP contribution is 2.30. The fourth-order valence-electron chi connectivity index (χ4n) is 3.22. The average molecular weight is 422 g/mol. The highest BCUT2D eigenvalue weighted by Gasteiger charge is 2.11. The maximum absolute atomic E-state index is 12.5. The van der Waals surface area contributed by atoms with Crippen LogP contribution in [-0.4, -0.2) is 26.1 Å². The van der Waals surface area contributed by atoms with Crippen LogP contribution in [0.25, 0.3) is 16.8 Å². The van der Waals surface area contributed by atoms with E-state index < -0.39 is 0 Å². The predicted molar refractivity (Wildman–Crippen MR) is 123 cm³/mol. The van der Waals surface area contributed by atoms with Gasteiger partial charge in [0.1, 0.15) is 5.65 Å². The number of hydrogen-bond donors (Lipinski definition) is 1. The van der Waals surface area contributed by atoms with Crippen LogP contribution in [0, 0.1) is 0 Å². The standard InChI is InChI=1S/C23H23N3OS2/c1-2-28-14-6-7-18-15-22(27)26-23(25-18)21(16-24-26)17-10-12-20(13-11-17)29-19-8-4-3-5-9-19/h3-5,8-13,15-16,25H,2,6-7,14H2,1H3. The number of nitrogens with one attached hydrogen (secondary N) is 1. The summed E-state index contributed by atoms with van der Waals surface area (Å²) in [6.45, 7) is 2.17. The van der Waals surface area contributed by atoms with Gasteiger partial charge in [-0.3, -0.25) is 4.79 Å². The molecule has 0 amide bonds. The number of nitrogens with zero attached hydrogens (tertiary/aromatic N) is 2. The summed E-state index contributed by atoms with van der Waals surface area (Å²) in [5, 5.41) is 4.30. The van der Waals surface area contributed by atoms with E-state index in [2.05, 4.69) is 53.4 Å². The first kappa shape index (κ1) is 19.9. The second-order valence-electron chi connectivity index (χ2n) is 6.69. The Labute approximate surface area is 178 Å². The van der Waals surface area contributed by atoms with E-state index in [1.54, 1.807) is 24.0 Å². The van der Waals surface area contributed by atoms with Gasteiger partial charge < -0.3 is 4.98 Å². The molecule has 6 heteroatoms. The molecule has 0 saturated carbocycles. The third kappa shape index (κ3) is 4.77. The minimum atomic E-state index is -0.0839. The second kappa shape index (κ2) is 9.37. The number of aromatic nitrogens is 3. The van der Waals surface area contributed by atoms with E-state index in [1.807, 2.05) is 30.0 Å². The van der Waals surface area contributed by atoms with Crippen molar-refractivity contribution in [3.05, 3.63) is 82.9 Å². The van der Waals surface area contributed by atoms with Gasteiger partial charge in [-0.05, 0) is 54.2 Å². The summed E-state index contributed by atoms with van der Waals surface area (Å²) in [5.41, 5.74) is 3.64. The van der Waals surface area contributed by atoms with E-state index in [0.29, 0.717) is 0 Å². The van der Waals surface area contributed by atoms with Crippen molar-refractivity contribution in [1.29, 1.82) is 0 Å². The van der Waals surface area contributed by atoms with Crippen molar-refractivity contribution >= 4 is 29.2 Å². The first-order valence-corrected chi connectivity index (χ1v) is 11.7. The van der Waals surface area contributed by atoms with Gasteiger partial charge in [-0.1, -0.05) is 49.0 Å². The maximum Gasteiger partial charge on any atom is 0.274 e. The van der Waals surface area contributed by atoms with Gasteiger partial charge in [0, 0.05) is 27.1 Å². The highest BCUT2D eigenvalue weighted by atomic mass is 32.2. The van der Waals surface area contributed by atoms with Crippen molar-refractivity contribution in [3.63, 3.8) is 0 Å². The van der Waals surface area contributed by atoms with Gasteiger partial charge in [0.25, 0.3) is 5.56 Å². The van der Waals surface area contributed by atoms with Crippen molar-refractivity contribution in [1.82, 2.24) is 14.6 Å². The van der Waals surface area contributed by atoms with E-state index in [-0.39, 0.29) is 5.56 Å². The van der Waals surface area contributed by atoms with Crippen molar-refractivity contribution in [2.24, 2.45) is 0 Å². The number of aryl methyl sites for hydroxylation is 1. The molecule has 2 aromatic carbocycles. The molecule has 4 nitrogen and oxygen atoms in total. The molecule has 0 bridgehead atoms. The first-order chi connectivity index (χ1) is 14.2. The molecule has 0 fully saturated rings. The molecule has 2 heterocycles. The SMILES string of the molecule is CCSCCCc1cc(=O)n2ncc(-c3ccc(Sc4ccccc4)cc3)c2[nH]1. The van der Waals surface area contributed by atoms with E-state index in [4.69, 9.17) is 0 Å². The number of benzene rings is 2. The van der Waals surface area contributed by atoms with E-state index >= 15 is 0 Å². The molecular weight excluding hydrogens is 398 g/mol. The molecule has 0 aliphatic rings. The van der Waals surface area contributed by atoms with Gasteiger partial charge in [-0.25, -0.2) is 0 Å². The lowest BCUT2D eigenvalue weighted by Gasteiger charge is -2.06. The summed E-state index contributed by atoms with van der Waals surface area (Å²) in [7, 11) is 0. The zero-order valence-corrected chi connectivity index (χ0v) is 17.9. The number of thioether (sulfide) groups is 1. The molecule has 4 aromatic rings. The van der Waals surface area contributed by atoms with Crippen LogP contribution in [0.2, 0.25) is 0 Å². The van der Waals surface area contributed by atoms with Crippen LogP contribution < -0.4 is 5.56 Å². The molecule has 0 aliphatic carbocycles. The summed E-state index contributed by atoms with van der Waals surface area (Å²) in [6.07, 6.45) is 3.69. The number of fused-ring (bicyclic) bond motifs is 1. The topological polar surface area (TPSA) is 50.2 Å². The lowest BCUT2D eigenvalue weighted by Crippen LogP contribution is -2.15. The van der Waals surface area contributed by atoms with Gasteiger partial charge in [0.05, 0.1) is 6.20 Å². The summed E-state index contributed by atoms with van der Waals surface area (Å²) in [6, 6.07) is 20.4. The Morgan fingerprint density at radius 1 is 1.03 bits per heavy atom. The Balaban J connectivity index is 1.58. The van der Waals surface area contributed by atoms with Gasteiger partial charge >= 0.3 is 0 Å². The van der Waals surface area contributed by atoms with Crippen LogP contribution in [0.4, 0.5) is 0 Å². The van der Waals surface area contributed by atoms with Crippen molar-refractivity contribution < 1.29 is 0 Å². The van der Waals surface area contributed by atoms with E-state index in [0.717, 1.165) is 46.8 Å². The Kier molecular flexibility index (Phi) is 6.42. The lowest BCUT2D eigenvalue weighted by atomic mass is 10.1. The van der Waals surface area contributed by atoms with Crippen LogP contribution in [0.3, 0.4) is 0 Å². The molecular formula is C23H23N3OS2. The number of hydrogen-bond acceptors (Lipinski definition) is 4. The molecule has 0 unspecified atom stereocenters. The zero-order valence-electron chi connectivity index (χ0n) is 16.3. The molecule has 0 aliphatic heterocycles. The minimum absolute atomic E-state index is 0.0839. The summed E-state index contributed by atoms with van der Waals surface area (Å²) < 4.78 is 1.45. The quantitative estimate of drug-likeness (QED) is 0.380. The summed E-state index contributed by atoms with van der Waals surface area (Å²) in [4.78, 5) is 18.3. The lowest BCUT2D eigenvalue weighted by molar-refractivity contribution is 0.844. The molecule has 29 heavy (non-hydrogen) atoms. The van der Waals surface area contributed by atoms with Crippen molar-refractivity contribution in [2.75, 3.05) is 11.5 Å². The first-order valence-electron chi connectivity index (χ1n) is 9.75. The van der Waals surface area contributed by atoms with Crippen molar-refractivity contribution in [2.45, 2.75) is 29.6 Å². The summed E-state index contributed by atoms with van der Waals surface area (Å²) in [5.74, 6) is 2.23. The predicted octanol–water partition coefficient (Wildman–Crippen LogP) is 5.53. The number of H-pyrrole nitrogens is 1. The fourth-order valence-corrected chi connectivity index (χ4v) is 4.69.